The van der Waals surface area contributed by atoms with Crippen molar-refractivity contribution in [3.8, 4) is 0 Å². The summed E-state index contributed by atoms with van der Waals surface area (Å²) in [5.41, 5.74) is 0. The minimum Gasteiger partial charge on any atom is -0.332 e. The lowest BCUT2D eigenvalue weighted by Gasteiger charge is -2.29. The van der Waals surface area contributed by atoms with Crippen LogP contribution in [0.15, 0.2) is 0 Å². The zero-order valence-electron chi connectivity index (χ0n) is 5.39. The first-order valence-corrected chi connectivity index (χ1v) is 5.09. The van der Waals surface area contributed by atoms with Gasteiger partial charge in [-0.1, -0.05) is 0 Å². The molecule has 0 bridgehead atoms. The Morgan fingerprint density at radius 2 is 1.70 bits per heavy atom. The first-order chi connectivity index (χ1) is 4.70. The van der Waals surface area contributed by atoms with Gasteiger partial charge < -0.3 is 4.90 Å². The number of carbonyl (C=O) groups excluding carboxylic acids is 1. The Morgan fingerprint density at radius 1 is 1.20 bits per heavy atom. The van der Waals surface area contributed by atoms with Crippen molar-refractivity contribution in [1.82, 2.24) is 8.01 Å². The molecule has 1 aliphatic heterocycles. The molecule has 0 atom stereocenters. The second-order valence-electron chi connectivity index (χ2n) is 2.15. The van der Waals surface area contributed by atoms with Gasteiger partial charge in [0.1, 0.15) is 0 Å². The molecule has 1 aliphatic rings. The number of nitrogens with zero attached hydrogens (tertiary/aromatic N) is 2. The molecule has 0 aliphatic carbocycles. The molecule has 3 nitrogen and oxygen atoms in total. The number of rotatable bonds is 0. The van der Waals surface area contributed by atoms with E-state index in [4.69, 9.17) is 0 Å². The standard InChI is InChI=1S/C5H8I2N2O/c6-5(10)8-1-3-9(7)4-2-8/h1-4H2. The van der Waals surface area contributed by atoms with Crippen LogP contribution in [0.25, 0.3) is 0 Å². The van der Waals surface area contributed by atoms with Crippen LogP contribution in [0.2, 0.25) is 0 Å². The van der Waals surface area contributed by atoms with E-state index in [0.29, 0.717) is 0 Å². The van der Waals surface area contributed by atoms with E-state index >= 15 is 0 Å². The fourth-order valence-corrected chi connectivity index (χ4v) is 1.77. The van der Waals surface area contributed by atoms with Gasteiger partial charge in [-0.25, -0.2) is 3.11 Å². The summed E-state index contributed by atoms with van der Waals surface area (Å²) in [7, 11) is 0. The van der Waals surface area contributed by atoms with Gasteiger partial charge in [-0.05, 0) is 0 Å². The summed E-state index contributed by atoms with van der Waals surface area (Å²) in [5.74, 6) is 0. The fraction of sp³-hybridized carbons (Fsp3) is 0.800. The Morgan fingerprint density at radius 3 is 2.10 bits per heavy atom. The van der Waals surface area contributed by atoms with Gasteiger partial charge in [0, 0.05) is 71.6 Å². The summed E-state index contributed by atoms with van der Waals surface area (Å²) in [5, 5.41) is 0. The Bertz CT molecular complexity index is 134. The number of hydrogen-bond acceptors (Lipinski definition) is 2. The van der Waals surface area contributed by atoms with Gasteiger partial charge in [-0.2, -0.15) is 0 Å². The van der Waals surface area contributed by atoms with Crippen LogP contribution in [0.3, 0.4) is 0 Å². The quantitative estimate of drug-likeness (QED) is 0.281. The molecule has 0 aromatic heterocycles. The highest BCUT2D eigenvalue weighted by Crippen LogP contribution is 2.08. The van der Waals surface area contributed by atoms with Gasteiger partial charge in [-0.3, -0.25) is 4.79 Å². The average Bonchev–Trinajstić information content (AvgIpc) is 1.88. The van der Waals surface area contributed by atoms with Crippen molar-refractivity contribution in [2.24, 2.45) is 0 Å². The Labute approximate surface area is 87.8 Å². The summed E-state index contributed by atoms with van der Waals surface area (Å²) >= 11 is 4.12. The monoisotopic (exact) mass is 366 g/mol. The molecule has 0 unspecified atom stereocenters. The van der Waals surface area contributed by atoms with Crippen molar-refractivity contribution in [3.05, 3.63) is 0 Å². The highest BCUT2D eigenvalue weighted by Gasteiger charge is 2.16. The van der Waals surface area contributed by atoms with Crippen molar-refractivity contribution >= 4 is 49.4 Å². The molecule has 58 valence electrons. The summed E-state index contributed by atoms with van der Waals surface area (Å²) in [6.45, 7) is 3.75. The fourth-order valence-electron chi connectivity index (χ4n) is 0.858. The SMILES string of the molecule is O=C(I)N1CCN(I)CC1. The first-order valence-electron chi connectivity index (χ1n) is 3.05. The van der Waals surface area contributed by atoms with Crippen LogP contribution in [0, 0.1) is 0 Å². The molecule has 0 N–H and O–H groups in total. The van der Waals surface area contributed by atoms with Crippen molar-refractivity contribution in [1.29, 1.82) is 0 Å². The van der Waals surface area contributed by atoms with Crippen LogP contribution in [-0.4, -0.2) is 38.1 Å². The first kappa shape index (κ1) is 8.98. The second-order valence-corrected chi connectivity index (χ2v) is 4.44. The van der Waals surface area contributed by atoms with E-state index in [2.05, 4.69) is 26.0 Å². The molecule has 0 radical (unpaired) electrons. The average molecular weight is 366 g/mol. The van der Waals surface area contributed by atoms with E-state index < -0.39 is 0 Å². The highest BCUT2D eigenvalue weighted by molar-refractivity contribution is 14.1. The number of carbonyl (C=O) groups is 1. The third-order valence-corrected chi connectivity index (χ3v) is 3.12. The highest BCUT2D eigenvalue weighted by atomic mass is 127. The molecule has 1 amide bonds. The summed E-state index contributed by atoms with van der Waals surface area (Å²) in [6, 6.07) is 0. The maximum atomic E-state index is 10.8. The van der Waals surface area contributed by atoms with Crippen molar-refractivity contribution in [2.45, 2.75) is 0 Å². The Kier molecular flexibility index (Phi) is 3.64. The van der Waals surface area contributed by atoms with E-state index in [9.17, 15) is 4.79 Å². The van der Waals surface area contributed by atoms with Crippen LogP contribution in [-0.2, 0) is 0 Å². The Balaban J connectivity index is 2.33. The largest absolute Gasteiger partial charge is 0.332 e. The number of piperazine rings is 1. The van der Waals surface area contributed by atoms with E-state index in [1.807, 2.05) is 27.5 Å². The van der Waals surface area contributed by atoms with Crippen LogP contribution in [0.1, 0.15) is 0 Å². The predicted octanol–water partition coefficient (Wildman–Crippen LogP) is 1.51. The zero-order valence-corrected chi connectivity index (χ0v) is 9.70. The van der Waals surface area contributed by atoms with E-state index in [1.165, 1.54) is 0 Å². The van der Waals surface area contributed by atoms with E-state index in [0.717, 1.165) is 26.2 Å². The predicted molar refractivity (Wildman–Crippen MR) is 56.6 cm³/mol. The summed E-state index contributed by atoms with van der Waals surface area (Å²) in [4.78, 5) is 12.7. The van der Waals surface area contributed by atoms with E-state index in [1.54, 1.807) is 0 Å². The molecular weight excluding hydrogens is 358 g/mol. The van der Waals surface area contributed by atoms with Crippen LogP contribution in [0.4, 0.5) is 4.79 Å². The normalized spacial score (nSPS) is 21.2. The van der Waals surface area contributed by atoms with Crippen molar-refractivity contribution in [3.63, 3.8) is 0 Å². The van der Waals surface area contributed by atoms with E-state index in [-0.39, 0.29) is 3.91 Å². The lowest BCUT2D eigenvalue weighted by molar-refractivity contribution is 0.206. The van der Waals surface area contributed by atoms with Gasteiger partial charge in [-0.15, -0.1) is 0 Å². The van der Waals surface area contributed by atoms with Gasteiger partial charge in [0.2, 0.25) is 0 Å². The van der Waals surface area contributed by atoms with Crippen LogP contribution in [0.5, 0.6) is 0 Å². The molecule has 0 spiro atoms. The molecule has 0 aromatic rings. The van der Waals surface area contributed by atoms with Crippen LogP contribution >= 0.6 is 45.5 Å². The maximum Gasteiger partial charge on any atom is 0.283 e. The molecule has 1 rings (SSSR count). The van der Waals surface area contributed by atoms with Crippen molar-refractivity contribution < 1.29 is 4.79 Å². The lowest BCUT2D eigenvalue weighted by atomic mass is 10.4. The molecule has 0 aromatic carbocycles. The van der Waals surface area contributed by atoms with Crippen LogP contribution < -0.4 is 0 Å². The molecule has 5 heteroatoms. The number of amides is 1. The lowest BCUT2D eigenvalue weighted by Crippen LogP contribution is -2.42. The third-order valence-electron chi connectivity index (χ3n) is 1.47. The minimum atomic E-state index is 0.169. The van der Waals surface area contributed by atoms with Gasteiger partial charge in [0.15, 0.2) is 0 Å². The van der Waals surface area contributed by atoms with Gasteiger partial charge >= 0.3 is 0 Å². The van der Waals surface area contributed by atoms with Crippen molar-refractivity contribution in [2.75, 3.05) is 26.2 Å². The summed E-state index contributed by atoms with van der Waals surface area (Å²) in [6.07, 6.45) is 0. The van der Waals surface area contributed by atoms with Gasteiger partial charge in [0.25, 0.3) is 3.91 Å². The number of halogens is 2. The zero-order chi connectivity index (χ0) is 7.56. The molecule has 0 saturated carbocycles. The summed E-state index contributed by atoms with van der Waals surface area (Å²) < 4.78 is 2.37. The molecule has 1 saturated heterocycles. The van der Waals surface area contributed by atoms with Gasteiger partial charge in [0.05, 0.1) is 0 Å². The maximum absolute atomic E-state index is 10.8. The topological polar surface area (TPSA) is 23.6 Å². The molecule has 10 heavy (non-hydrogen) atoms. The number of hydrogen-bond donors (Lipinski definition) is 0. The minimum absolute atomic E-state index is 0.169. The second kappa shape index (κ2) is 4.05. The molecule has 1 heterocycles. The Hall–Kier alpha value is 0.890. The smallest absolute Gasteiger partial charge is 0.283 e. The molecule has 1 fully saturated rings. The molecular formula is C5H8I2N2O. The third kappa shape index (κ3) is 2.50.